The van der Waals surface area contributed by atoms with Crippen molar-refractivity contribution in [1.82, 2.24) is 15.5 Å². The summed E-state index contributed by atoms with van der Waals surface area (Å²) < 4.78 is 0.682. The number of thioether (sulfide) groups is 1. The Labute approximate surface area is 190 Å². The van der Waals surface area contributed by atoms with Crippen LogP contribution < -0.4 is 16.0 Å². The second-order valence-corrected chi connectivity index (χ2v) is 9.36. The molecule has 3 aromatic rings. The van der Waals surface area contributed by atoms with Crippen LogP contribution in [0, 0.1) is 27.7 Å². The first-order valence-corrected chi connectivity index (χ1v) is 11.6. The molecule has 0 saturated carbocycles. The molecule has 2 amide bonds. The highest BCUT2D eigenvalue weighted by Crippen LogP contribution is 2.28. The number of anilines is 3. The molecule has 9 heteroatoms. The molecule has 0 bridgehead atoms. The molecule has 1 aromatic heterocycles. The average Bonchev–Trinajstić information content (AvgIpc) is 3.18. The van der Waals surface area contributed by atoms with Gasteiger partial charge in [-0.1, -0.05) is 41.3 Å². The van der Waals surface area contributed by atoms with Gasteiger partial charge in [0, 0.05) is 11.4 Å². The van der Waals surface area contributed by atoms with Gasteiger partial charge >= 0.3 is 0 Å². The van der Waals surface area contributed by atoms with Crippen LogP contribution in [0.1, 0.15) is 22.3 Å². The Morgan fingerprint density at radius 1 is 0.968 bits per heavy atom. The summed E-state index contributed by atoms with van der Waals surface area (Å²) in [5, 5.41) is 17.6. The van der Waals surface area contributed by atoms with Crippen LogP contribution in [0.3, 0.4) is 0 Å². The van der Waals surface area contributed by atoms with Gasteiger partial charge in [-0.15, -0.1) is 10.2 Å². The van der Waals surface area contributed by atoms with Gasteiger partial charge < -0.3 is 16.0 Å². The summed E-state index contributed by atoms with van der Waals surface area (Å²) in [7, 11) is 0. The van der Waals surface area contributed by atoms with Crippen molar-refractivity contribution < 1.29 is 9.59 Å². The molecular weight excluding hydrogens is 430 g/mol. The lowest BCUT2D eigenvalue weighted by Gasteiger charge is -2.10. The van der Waals surface area contributed by atoms with Gasteiger partial charge in [-0.05, 0) is 68.1 Å². The number of benzene rings is 2. The number of hydrogen-bond acceptors (Lipinski definition) is 7. The number of rotatable bonds is 8. The van der Waals surface area contributed by atoms with Gasteiger partial charge in [0.25, 0.3) is 0 Å². The third-order valence-corrected chi connectivity index (χ3v) is 6.79. The molecule has 0 fully saturated rings. The van der Waals surface area contributed by atoms with Crippen LogP contribution in [0.5, 0.6) is 0 Å². The number of nitrogens with one attached hydrogen (secondary N) is 3. The molecule has 7 nitrogen and oxygen atoms in total. The molecule has 2 aromatic carbocycles. The molecule has 1 heterocycles. The molecule has 162 valence electrons. The van der Waals surface area contributed by atoms with Crippen LogP contribution in [0.15, 0.2) is 40.7 Å². The normalized spacial score (nSPS) is 10.6. The number of aromatic nitrogens is 2. The number of carbonyl (C=O) groups is 2. The number of amides is 2. The molecule has 0 atom stereocenters. The van der Waals surface area contributed by atoms with E-state index in [1.54, 1.807) is 0 Å². The zero-order valence-corrected chi connectivity index (χ0v) is 19.5. The fourth-order valence-corrected chi connectivity index (χ4v) is 4.30. The van der Waals surface area contributed by atoms with Crippen molar-refractivity contribution in [2.45, 2.75) is 32.0 Å². The van der Waals surface area contributed by atoms with Gasteiger partial charge in [-0.3, -0.25) is 9.59 Å². The van der Waals surface area contributed by atoms with Gasteiger partial charge in [0.2, 0.25) is 16.9 Å². The van der Waals surface area contributed by atoms with Gasteiger partial charge in [-0.25, -0.2) is 0 Å². The maximum atomic E-state index is 12.1. The van der Waals surface area contributed by atoms with E-state index >= 15 is 0 Å². The van der Waals surface area contributed by atoms with Crippen molar-refractivity contribution in [3.63, 3.8) is 0 Å². The largest absolute Gasteiger partial charge is 0.346 e. The third-order valence-electron chi connectivity index (χ3n) is 4.82. The molecule has 0 aliphatic rings. The van der Waals surface area contributed by atoms with E-state index in [2.05, 4.69) is 52.1 Å². The zero-order chi connectivity index (χ0) is 22.4. The van der Waals surface area contributed by atoms with E-state index in [1.165, 1.54) is 34.2 Å². The summed E-state index contributed by atoms with van der Waals surface area (Å²) in [6.45, 7) is 7.98. The highest BCUT2D eigenvalue weighted by molar-refractivity contribution is 8.01. The summed E-state index contributed by atoms with van der Waals surface area (Å²) in [6.07, 6.45) is 0. The van der Waals surface area contributed by atoms with Crippen molar-refractivity contribution in [1.29, 1.82) is 0 Å². The van der Waals surface area contributed by atoms with E-state index in [1.807, 2.05) is 38.1 Å². The Bertz CT molecular complexity index is 1100. The summed E-state index contributed by atoms with van der Waals surface area (Å²) >= 11 is 2.67. The van der Waals surface area contributed by atoms with Crippen molar-refractivity contribution in [3.05, 3.63) is 58.7 Å². The summed E-state index contributed by atoms with van der Waals surface area (Å²) in [4.78, 5) is 24.2. The van der Waals surface area contributed by atoms with Gasteiger partial charge in [0.1, 0.15) is 0 Å². The Morgan fingerprint density at radius 3 is 2.55 bits per heavy atom. The Hall–Kier alpha value is -2.91. The van der Waals surface area contributed by atoms with E-state index in [-0.39, 0.29) is 24.1 Å². The van der Waals surface area contributed by atoms with Gasteiger partial charge in [0.05, 0.1) is 12.3 Å². The molecule has 0 unspecified atom stereocenters. The second kappa shape index (κ2) is 10.4. The molecular formula is C22H25N5O2S2. The average molecular weight is 456 g/mol. The van der Waals surface area contributed by atoms with Crippen molar-refractivity contribution in [3.8, 4) is 0 Å². The predicted octanol–water partition coefficient (Wildman–Crippen LogP) is 4.36. The topological polar surface area (TPSA) is 96.0 Å². The summed E-state index contributed by atoms with van der Waals surface area (Å²) in [5.41, 5.74) is 6.24. The molecule has 0 aliphatic heterocycles. The van der Waals surface area contributed by atoms with Crippen LogP contribution in [0.25, 0.3) is 0 Å². The number of hydrogen-bond donors (Lipinski definition) is 3. The minimum absolute atomic E-state index is 0.0809. The van der Waals surface area contributed by atoms with E-state index < -0.39 is 0 Å². The predicted molar refractivity (Wildman–Crippen MR) is 127 cm³/mol. The van der Waals surface area contributed by atoms with Crippen LogP contribution >= 0.6 is 23.1 Å². The minimum Gasteiger partial charge on any atom is -0.346 e. The first-order chi connectivity index (χ1) is 14.8. The summed E-state index contributed by atoms with van der Waals surface area (Å²) in [6, 6.07) is 11.8. The zero-order valence-electron chi connectivity index (χ0n) is 17.9. The lowest BCUT2D eigenvalue weighted by molar-refractivity contribution is -0.122. The van der Waals surface area contributed by atoms with Crippen molar-refractivity contribution in [2.24, 2.45) is 0 Å². The minimum atomic E-state index is -0.261. The van der Waals surface area contributed by atoms with E-state index in [4.69, 9.17) is 0 Å². The first kappa shape index (κ1) is 22.8. The molecule has 0 saturated heterocycles. The van der Waals surface area contributed by atoms with Gasteiger partial charge in [0.15, 0.2) is 4.34 Å². The molecule has 0 spiro atoms. The molecule has 3 rings (SSSR count). The van der Waals surface area contributed by atoms with E-state index in [9.17, 15) is 9.59 Å². The number of carbonyl (C=O) groups excluding carboxylic acids is 2. The second-order valence-electron chi connectivity index (χ2n) is 7.16. The molecule has 3 N–H and O–H groups in total. The molecule has 0 aliphatic carbocycles. The third kappa shape index (κ3) is 6.53. The van der Waals surface area contributed by atoms with Crippen LogP contribution in [-0.4, -0.2) is 34.3 Å². The lowest BCUT2D eigenvalue weighted by Crippen LogP contribution is -2.34. The number of aryl methyl sites for hydroxylation is 3. The maximum absolute atomic E-state index is 12.1. The number of nitrogens with zero attached hydrogens (tertiary/aromatic N) is 2. The van der Waals surface area contributed by atoms with Crippen LogP contribution in [0.4, 0.5) is 16.5 Å². The van der Waals surface area contributed by atoms with Crippen LogP contribution in [-0.2, 0) is 9.59 Å². The summed E-state index contributed by atoms with van der Waals surface area (Å²) in [5.74, 6) is -0.336. The van der Waals surface area contributed by atoms with Crippen molar-refractivity contribution >= 4 is 51.4 Å². The SMILES string of the molecule is Cc1ccc(Nc2nnc(SCC(=O)NCC(=O)Nc3cccc(C)c3C)s2)cc1C. The smallest absolute Gasteiger partial charge is 0.243 e. The highest BCUT2D eigenvalue weighted by atomic mass is 32.2. The molecule has 0 radical (unpaired) electrons. The Balaban J connectivity index is 1.43. The Morgan fingerprint density at radius 2 is 1.77 bits per heavy atom. The van der Waals surface area contributed by atoms with Crippen molar-refractivity contribution in [2.75, 3.05) is 22.9 Å². The fourth-order valence-electron chi connectivity index (χ4n) is 2.70. The molecule has 31 heavy (non-hydrogen) atoms. The van der Waals surface area contributed by atoms with E-state index in [0.29, 0.717) is 9.47 Å². The highest BCUT2D eigenvalue weighted by Gasteiger charge is 2.11. The fraction of sp³-hybridized carbons (Fsp3) is 0.273. The monoisotopic (exact) mass is 455 g/mol. The standard InChI is InChI=1S/C22H25N5O2S2/c1-13-8-9-17(10-15(13)3)24-21-26-27-22(31-21)30-12-20(29)23-11-19(28)25-18-7-5-6-14(2)16(18)4/h5-10H,11-12H2,1-4H3,(H,23,29)(H,24,26)(H,25,28). The quantitative estimate of drug-likeness (QED) is 0.437. The lowest BCUT2D eigenvalue weighted by atomic mass is 10.1. The maximum Gasteiger partial charge on any atom is 0.243 e. The Kier molecular flexibility index (Phi) is 7.64. The van der Waals surface area contributed by atoms with E-state index in [0.717, 1.165) is 22.5 Å². The van der Waals surface area contributed by atoms with Gasteiger partial charge in [-0.2, -0.15) is 0 Å². The van der Waals surface area contributed by atoms with Crippen LogP contribution in [0.2, 0.25) is 0 Å². The first-order valence-electron chi connectivity index (χ1n) is 9.75.